The number of fused-ring (bicyclic) bond motifs is 1. The largest absolute Gasteiger partial charge is 0.479 e. The number of halogens is 5. The maximum atomic E-state index is 15.2. The number of nitrogens with one attached hydrogen (secondary N) is 1. The van der Waals surface area contributed by atoms with Crippen LogP contribution >= 0.6 is 11.6 Å². The van der Waals surface area contributed by atoms with E-state index < -0.39 is 70.2 Å². The predicted octanol–water partition coefficient (Wildman–Crippen LogP) is 4.04. The van der Waals surface area contributed by atoms with Gasteiger partial charge < -0.3 is 20.1 Å². The number of hydrogen-bond donors (Lipinski definition) is 2. The Labute approximate surface area is 237 Å². The average molecular weight is 593 g/mol. The van der Waals surface area contributed by atoms with E-state index in [4.69, 9.17) is 16.3 Å². The van der Waals surface area contributed by atoms with Gasteiger partial charge in [0.2, 0.25) is 6.43 Å². The van der Waals surface area contributed by atoms with E-state index in [9.17, 15) is 27.9 Å². The molecule has 3 heterocycles. The smallest absolute Gasteiger partial charge is 0.268 e. The summed E-state index contributed by atoms with van der Waals surface area (Å²) in [6.45, 7) is -0.218. The van der Waals surface area contributed by atoms with Crippen molar-refractivity contribution < 1.29 is 37.0 Å². The monoisotopic (exact) mass is 592 g/mol. The molecule has 2 aromatic heterocycles. The Morgan fingerprint density at radius 1 is 1.22 bits per heavy atom. The van der Waals surface area contributed by atoms with Crippen LogP contribution in [-0.4, -0.2) is 58.4 Å². The molecule has 1 aliphatic carbocycles. The van der Waals surface area contributed by atoms with Crippen LogP contribution in [0.5, 0.6) is 5.88 Å². The standard InChI is InChI=1S/C28H25ClF4N4O4/c1-41-26-23(31)18(6-8-35-26)28(40)19-10-16(30)4-5-22(19)37(27(28)39)13-15-9-17(24(32)33)21(11-20(15)29)36-25(38)14-3-2-7-34-12-14/h2-8,10,12,15,17,20-21,24,40H,9,11,13H2,1H3,(H,36,38)/t15-,17-,20-,21-,28+/m1/s1. The highest BCUT2D eigenvalue weighted by molar-refractivity contribution is 6.21. The van der Waals surface area contributed by atoms with Gasteiger partial charge in [-0.15, -0.1) is 11.6 Å². The van der Waals surface area contributed by atoms with Crippen molar-refractivity contribution in [1.29, 1.82) is 0 Å². The molecular formula is C28H25ClF4N4O4. The van der Waals surface area contributed by atoms with Gasteiger partial charge in [0.15, 0.2) is 11.4 Å². The second kappa shape index (κ2) is 11.2. The van der Waals surface area contributed by atoms with Crippen LogP contribution in [0.3, 0.4) is 0 Å². The van der Waals surface area contributed by atoms with E-state index >= 15 is 4.39 Å². The third kappa shape index (κ3) is 5.10. The van der Waals surface area contributed by atoms with Crippen LogP contribution in [-0.2, 0) is 10.4 Å². The molecule has 3 aromatic rings. The number of alkyl halides is 3. The number of amides is 2. The number of ether oxygens (including phenoxy) is 1. The summed E-state index contributed by atoms with van der Waals surface area (Å²) < 4.78 is 62.9. The second-order valence-electron chi connectivity index (χ2n) is 10.0. The molecule has 2 aliphatic rings. The predicted molar refractivity (Wildman–Crippen MR) is 140 cm³/mol. The Bertz CT molecular complexity index is 1470. The van der Waals surface area contributed by atoms with Crippen molar-refractivity contribution in [3.63, 3.8) is 0 Å². The maximum Gasteiger partial charge on any atom is 0.268 e. The van der Waals surface area contributed by atoms with Gasteiger partial charge in [0, 0.05) is 53.6 Å². The van der Waals surface area contributed by atoms with Crippen molar-refractivity contribution in [2.45, 2.75) is 36.3 Å². The van der Waals surface area contributed by atoms with Crippen molar-refractivity contribution >= 4 is 29.1 Å². The molecule has 0 radical (unpaired) electrons. The molecule has 0 spiro atoms. The number of nitrogens with zero attached hydrogens (tertiary/aromatic N) is 3. The molecule has 41 heavy (non-hydrogen) atoms. The summed E-state index contributed by atoms with van der Waals surface area (Å²) >= 11 is 6.65. The van der Waals surface area contributed by atoms with Crippen molar-refractivity contribution in [2.75, 3.05) is 18.6 Å². The van der Waals surface area contributed by atoms with Crippen LogP contribution in [0.1, 0.15) is 34.3 Å². The van der Waals surface area contributed by atoms with E-state index in [0.717, 1.165) is 36.4 Å². The summed E-state index contributed by atoms with van der Waals surface area (Å²) in [5.41, 5.74) is -3.07. The van der Waals surface area contributed by atoms with Crippen LogP contribution in [0, 0.1) is 23.5 Å². The zero-order chi connectivity index (χ0) is 29.5. The van der Waals surface area contributed by atoms with Crippen LogP contribution in [0.25, 0.3) is 0 Å². The Kier molecular flexibility index (Phi) is 7.89. The SMILES string of the molecule is COc1nccc([C@@]2(O)C(=O)N(C[C@H]3C[C@@H](C(F)F)[C@H](NC(=O)c4cccnc4)C[C@H]3Cl)c3ccc(F)cc32)c1F. The van der Waals surface area contributed by atoms with Gasteiger partial charge in [-0.2, -0.15) is 0 Å². The van der Waals surface area contributed by atoms with Crippen molar-refractivity contribution in [3.05, 3.63) is 83.3 Å². The highest BCUT2D eigenvalue weighted by atomic mass is 35.5. The fourth-order valence-electron chi connectivity index (χ4n) is 5.63. The topological polar surface area (TPSA) is 105 Å². The van der Waals surface area contributed by atoms with Gasteiger partial charge in [-0.1, -0.05) is 0 Å². The molecule has 2 amide bonds. The number of benzene rings is 1. The first kappa shape index (κ1) is 28.7. The maximum absolute atomic E-state index is 15.2. The highest BCUT2D eigenvalue weighted by Crippen LogP contribution is 2.47. The number of carbonyl (C=O) groups excluding carboxylic acids is 2. The third-order valence-corrected chi connectivity index (χ3v) is 8.23. The van der Waals surface area contributed by atoms with E-state index in [1.165, 1.54) is 24.5 Å². The lowest BCUT2D eigenvalue weighted by Crippen LogP contribution is -2.52. The molecule has 5 atom stereocenters. The number of hydrogen-bond acceptors (Lipinski definition) is 6. The van der Waals surface area contributed by atoms with Gasteiger partial charge in [-0.05, 0) is 55.2 Å². The molecule has 216 valence electrons. The van der Waals surface area contributed by atoms with Gasteiger partial charge in [0.05, 0.1) is 18.4 Å². The third-order valence-electron chi connectivity index (χ3n) is 7.70. The van der Waals surface area contributed by atoms with Gasteiger partial charge in [0.1, 0.15) is 5.82 Å². The lowest BCUT2D eigenvalue weighted by Gasteiger charge is -2.40. The first-order valence-corrected chi connectivity index (χ1v) is 13.2. The molecule has 2 N–H and O–H groups in total. The van der Waals surface area contributed by atoms with E-state index in [2.05, 4.69) is 15.3 Å². The zero-order valence-electron chi connectivity index (χ0n) is 21.6. The lowest BCUT2D eigenvalue weighted by atomic mass is 9.77. The molecule has 13 heteroatoms. The Hall–Kier alpha value is -3.77. The van der Waals surface area contributed by atoms with Crippen molar-refractivity contribution in [1.82, 2.24) is 15.3 Å². The number of pyridine rings is 2. The molecule has 1 fully saturated rings. The number of anilines is 1. The van der Waals surface area contributed by atoms with E-state index in [1.807, 2.05) is 0 Å². The van der Waals surface area contributed by atoms with Gasteiger partial charge in [0.25, 0.3) is 17.7 Å². The quantitative estimate of drug-likeness (QED) is 0.317. The highest BCUT2D eigenvalue weighted by Gasteiger charge is 2.54. The molecule has 0 saturated heterocycles. The fraction of sp³-hybridized carbons (Fsp3) is 0.357. The number of aliphatic hydroxyl groups is 1. The van der Waals surface area contributed by atoms with Gasteiger partial charge in [-0.3, -0.25) is 14.6 Å². The van der Waals surface area contributed by atoms with Gasteiger partial charge in [-0.25, -0.2) is 22.5 Å². The minimum atomic E-state index is -2.81. The molecule has 1 aromatic carbocycles. The minimum absolute atomic E-state index is 0.0218. The average Bonchev–Trinajstić information content (AvgIpc) is 3.16. The number of aromatic nitrogens is 2. The summed E-state index contributed by atoms with van der Waals surface area (Å²) in [5, 5.41) is 13.5. The van der Waals surface area contributed by atoms with Gasteiger partial charge >= 0.3 is 0 Å². The normalized spacial score (nSPS) is 25.8. The summed E-state index contributed by atoms with van der Waals surface area (Å²) in [5.74, 6) is -5.94. The Balaban J connectivity index is 1.43. The summed E-state index contributed by atoms with van der Waals surface area (Å²) in [6, 6.07) is 6.43. The number of carbonyl (C=O) groups is 2. The summed E-state index contributed by atoms with van der Waals surface area (Å²) in [4.78, 5) is 35.1. The number of rotatable bonds is 7. The molecule has 1 aliphatic heterocycles. The summed E-state index contributed by atoms with van der Waals surface area (Å²) in [7, 11) is 1.16. The van der Waals surface area contributed by atoms with Crippen LogP contribution in [0.15, 0.2) is 55.0 Å². The van der Waals surface area contributed by atoms with Crippen molar-refractivity contribution in [2.24, 2.45) is 11.8 Å². The van der Waals surface area contributed by atoms with Crippen LogP contribution < -0.4 is 15.0 Å². The van der Waals surface area contributed by atoms with E-state index in [0.29, 0.717) is 0 Å². The van der Waals surface area contributed by atoms with Crippen LogP contribution in [0.2, 0.25) is 0 Å². The first-order valence-electron chi connectivity index (χ1n) is 12.7. The number of methoxy groups -OCH3 is 1. The van der Waals surface area contributed by atoms with E-state index in [-0.39, 0.29) is 36.2 Å². The fourth-order valence-corrected chi connectivity index (χ4v) is 6.00. The van der Waals surface area contributed by atoms with Crippen molar-refractivity contribution in [3.8, 4) is 5.88 Å². The Morgan fingerprint density at radius 2 is 2.00 bits per heavy atom. The van der Waals surface area contributed by atoms with Crippen LogP contribution in [0.4, 0.5) is 23.2 Å². The first-order chi connectivity index (χ1) is 19.6. The molecule has 8 nitrogen and oxygen atoms in total. The molecule has 0 bridgehead atoms. The molecular weight excluding hydrogens is 568 g/mol. The molecule has 1 saturated carbocycles. The van der Waals surface area contributed by atoms with E-state index in [1.54, 1.807) is 6.07 Å². The summed E-state index contributed by atoms with van der Waals surface area (Å²) in [6.07, 6.45) is 0.926. The zero-order valence-corrected chi connectivity index (χ0v) is 22.4. The second-order valence-corrected chi connectivity index (χ2v) is 10.6. The lowest BCUT2D eigenvalue weighted by molar-refractivity contribution is -0.132. The molecule has 5 rings (SSSR count). The molecule has 0 unspecified atom stereocenters. The minimum Gasteiger partial charge on any atom is -0.479 e. The Morgan fingerprint density at radius 3 is 2.68 bits per heavy atom.